The fourth-order valence-electron chi connectivity index (χ4n) is 2.95. The van der Waals surface area contributed by atoms with Gasteiger partial charge in [0, 0.05) is 23.7 Å². The first-order valence-electron chi connectivity index (χ1n) is 7.99. The Morgan fingerprint density at radius 2 is 2.08 bits per heavy atom. The number of anilines is 1. The number of nitrogens with one attached hydrogen (secondary N) is 1. The second-order valence-corrected chi connectivity index (χ2v) is 7.14. The molecule has 1 aliphatic rings. The number of guanidine groups is 1. The molecule has 0 spiro atoms. The van der Waals surface area contributed by atoms with E-state index in [0.717, 1.165) is 29.8 Å². The van der Waals surface area contributed by atoms with Gasteiger partial charge in [-0.3, -0.25) is 4.79 Å². The molecule has 3 N–H and O–H groups in total. The predicted octanol–water partition coefficient (Wildman–Crippen LogP) is 2.68. The zero-order valence-electron chi connectivity index (χ0n) is 14.0. The van der Waals surface area contributed by atoms with Gasteiger partial charge in [-0.05, 0) is 60.5 Å². The Bertz CT molecular complexity index is 761. The first-order chi connectivity index (χ1) is 11.5. The molecule has 24 heavy (non-hydrogen) atoms. The van der Waals surface area contributed by atoms with Crippen LogP contribution in [0.4, 0.5) is 5.69 Å². The summed E-state index contributed by atoms with van der Waals surface area (Å²) >= 11 is 1.77. The van der Waals surface area contributed by atoms with E-state index in [1.165, 1.54) is 10.4 Å². The molecular weight excluding hydrogens is 320 g/mol. The number of aliphatic imine (C=N–C) groups is 1. The van der Waals surface area contributed by atoms with Crippen LogP contribution in [0.25, 0.3) is 0 Å². The summed E-state index contributed by atoms with van der Waals surface area (Å²) in [5, 5.41) is 5.14. The van der Waals surface area contributed by atoms with Gasteiger partial charge >= 0.3 is 0 Å². The van der Waals surface area contributed by atoms with E-state index in [-0.39, 0.29) is 18.4 Å². The maximum absolute atomic E-state index is 12.3. The van der Waals surface area contributed by atoms with Crippen LogP contribution in [-0.2, 0) is 17.8 Å². The molecule has 2 heterocycles. The molecule has 0 atom stereocenters. The lowest BCUT2D eigenvalue weighted by Crippen LogP contribution is -2.37. The van der Waals surface area contributed by atoms with E-state index < -0.39 is 0 Å². The third kappa shape index (κ3) is 3.94. The van der Waals surface area contributed by atoms with Crippen LogP contribution in [-0.4, -0.2) is 29.9 Å². The minimum Gasteiger partial charge on any atom is -0.370 e. The summed E-state index contributed by atoms with van der Waals surface area (Å²) in [6.07, 6.45) is 0.929. The molecule has 0 saturated heterocycles. The average molecular weight is 342 g/mol. The van der Waals surface area contributed by atoms with Crippen molar-refractivity contribution in [3.8, 4) is 0 Å². The largest absolute Gasteiger partial charge is 0.370 e. The number of carbonyl (C=O) groups is 1. The Kier molecular flexibility index (Phi) is 4.85. The minimum atomic E-state index is 0.0111. The molecule has 2 aromatic rings. The second-order valence-electron chi connectivity index (χ2n) is 6.14. The maximum Gasteiger partial charge on any atom is 0.244 e. The van der Waals surface area contributed by atoms with Gasteiger partial charge in [0.1, 0.15) is 6.54 Å². The summed E-state index contributed by atoms with van der Waals surface area (Å²) in [7, 11) is 0. The molecule has 3 rings (SSSR count). The van der Waals surface area contributed by atoms with Gasteiger partial charge in [0.05, 0.1) is 0 Å². The number of nitrogens with zero attached hydrogens (tertiary/aromatic N) is 2. The van der Waals surface area contributed by atoms with Crippen LogP contribution in [0, 0.1) is 13.8 Å². The van der Waals surface area contributed by atoms with Crippen LogP contribution in [0.2, 0.25) is 0 Å². The molecular formula is C18H22N4OS. The Balaban J connectivity index is 1.57. The van der Waals surface area contributed by atoms with Crippen LogP contribution >= 0.6 is 11.3 Å². The highest BCUT2D eigenvalue weighted by Gasteiger charge is 2.20. The molecule has 0 radical (unpaired) electrons. The topological polar surface area (TPSA) is 70.7 Å². The Morgan fingerprint density at radius 1 is 1.33 bits per heavy atom. The summed E-state index contributed by atoms with van der Waals surface area (Å²) in [4.78, 5) is 19.8. The van der Waals surface area contributed by atoms with Gasteiger partial charge in [0.25, 0.3) is 0 Å². The third-order valence-corrected chi connectivity index (χ3v) is 5.06. The number of benzene rings is 1. The van der Waals surface area contributed by atoms with E-state index >= 15 is 0 Å². The zero-order valence-corrected chi connectivity index (χ0v) is 14.8. The van der Waals surface area contributed by atoms with Gasteiger partial charge in [-0.2, -0.15) is 0 Å². The van der Waals surface area contributed by atoms with Crippen molar-refractivity contribution < 1.29 is 4.79 Å². The van der Waals surface area contributed by atoms with Crippen LogP contribution in [0.15, 0.2) is 34.6 Å². The van der Waals surface area contributed by atoms with Gasteiger partial charge in [-0.1, -0.05) is 6.07 Å². The van der Waals surface area contributed by atoms with Crippen LogP contribution < -0.4 is 11.1 Å². The SMILES string of the molecule is Cc1cc(C)cc(NC(N)=NCC(=O)N2CCc3sccc3C2)c1. The monoisotopic (exact) mass is 342 g/mol. The number of hydrogen-bond acceptors (Lipinski definition) is 3. The number of fused-ring (bicyclic) bond motifs is 1. The highest BCUT2D eigenvalue weighted by Crippen LogP contribution is 2.23. The summed E-state index contributed by atoms with van der Waals surface area (Å²) < 4.78 is 0. The van der Waals surface area contributed by atoms with Gasteiger partial charge in [-0.15, -0.1) is 11.3 Å². The van der Waals surface area contributed by atoms with E-state index in [1.54, 1.807) is 11.3 Å². The summed E-state index contributed by atoms with van der Waals surface area (Å²) in [6, 6.07) is 8.19. The van der Waals surface area contributed by atoms with E-state index in [2.05, 4.69) is 27.8 Å². The Hall–Kier alpha value is -2.34. The molecule has 126 valence electrons. The normalized spacial score (nSPS) is 14.4. The molecule has 0 unspecified atom stereocenters. The van der Waals surface area contributed by atoms with Crippen molar-refractivity contribution >= 4 is 28.9 Å². The molecule has 0 saturated carbocycles. The van der Waals surface area contributed by atoms with Crippen molar-refractivity contribution in [2.45, 2.75) is 26.8 Å². The van der Waals surface area contributed by atoms with Crippen LogP contribution in [0.1, 0.15) is 21.6 Å². The van der Waals surface area contributed by atoms with Crippen LogP contribution in [0.3, 0.4) is 0 Å². The number of aryl methyl sites for hydroxylation is 2. The van der Waals surface area contributed by atoms with E-state index in [1.807, 2.05) is 30.9 Å². The van der Waals surface area contributed by atoms with Gasteiger partial charge in [0.15, 0.2) is 5.96 Å². The highest BCUT2D eigenvalue weighted by molar-refractivity contribution is 7.10. The summed E-state index contributed by atoms with van der Waals surface area (Å²) in [6.45, 7) is 5.57. The maximum atomic E-state index is 12.3. The molecule has 1 amide bonds. The van der Waals surface area contributed by atoms with E-state index in [0.29, 0.717) is 6.54 Å². The van der Waals surface area contributed by atoms with Gasteiger partial charge in [0.2, 0.25) is 5.91 Å². The molecule has 1 aromatic heterocycles. The number of amides is 1. The number of thiophene rings is 1. The Morgan fingerprint density at radius 3 is 2.83 bits per heavy atom. The minimum absolute atomic E-state index is 0.0111. The van der Waals surface area contributed by atoms with Gasteiger partial charge in [-0.25, -0.2) is 4.99 Å². The fourth-order valence-corrected chi connectivity index (χ4v) is 3.84. The lowest BCUT2D eigenvalue weighted by atomic mass is 10.1. The lowest BCUT2D eigenvalue weighted by Gasteiger charge is -2.26. The van der Waals surface area contributed by atoms with E-state index in [4.69, 9.17) is 5.73 Å². The number of hydrogen-bond donors (Lipinski definition) is 2. The standard InChI is InChI=1S/C18H22N4OS/c1-12-7-13(2)9-15(8-12)21-18(19)20-10-17(23)22-5-3-16-14(11-22)4-6-24-16/h4,6-9H,3,5,10-11H2,1-2H3,(H3,19,20,21). The number of rotatable bonds is 3. The Labute approximate surface area is 146 Å². The third-order valence-electron chi connectivity index (χ3n) is 4.04. The van der Waals surface area contributed by atoms with Crippen molar-refractivity contribution in [3.05, 3.63) is 51.2 Å². The van der Waals surface area contributed by atoms with Crippen molar-refractivity contribution in [2.24, 2.45) is 10.7 Å². The van der Waals surface area contributed by atoms with Crippen molar-refractivity contribution in [2.75, 3.05) is 18.4 Å². The second kappa shape index (κ2) is 7.05. The smallest absolute Gasteiger partial charge is 0.244 e. The number of nitrogens with two attached hydrogens (primary N) is 1. The molecule has 1 aliphatic heterocycles. The molecule has 6 heteroatoms. The van der Waals surface area contributed by atoms with Crippen molar-refractivity contribution in [3.63, 3.8) is 0 Å². The van der Waals surface area contributed by atoms with Gasteiger partial charge < -0.3 is 16.0 Å². The quantitative estimate of drug-likeness (QED) is 0.665. The van der Waals surface area contributed by atoms with Crippen molar-refractivity contribution in [1.29, 1.82) is 0 Å². The molecule has 0 fully saturated rings. The highest BCUT2D eigenvalue weighted by atomic mass is 32.1. The first-order valence-corrected chi connectivity index (χ1v) is 8.87. The fraction of sp³-hybridized carbons (Fsp3) is 0.333. The first kappa shape index (κ1) is 16.5. The number of carbonyl (C=O) groups excluding carboxylic acids is 1. The summed E-state index contributed by atoms with van der Waals surface area (Å²) in [5.74, 6) is 0.276. The molecule has 0 bridgehead atoms. The van der Waals surface area contributed by atoms with E-state index in [9.17, 15) is 4.79 Å². The average Bonchev–Trinajstić information content (AvgIpc) is 2.99. The van der Waals surface area contributed by atoms with Crippen LogP contribution in [0.5, 0.6) is 0 Å². The molecule has 1 aromatic carbocycles. The summed E-state index contributed by atoms with van der Waals surface area (Å²) in [5.41, 5.74) is 10.4. The van der Waals surface area contributed by atoms with Crippen molar-refractivity contribution in [1.82, 2.24) is 4.90 Å². The zero-order chi connectivity index (χ0) is 17.1. The molecule has 5 nitrogen and oxygen atoms in total. The predicted molar refractivity (Wildman–Crippen MR) is 99.5 cm³/mol. The lowest BCUT2D eigenvalue weighted by molar-refractivity contribution is -0.130. The molecule has 0 aliphatic carbocycles.